The predicted octanol–water partition coefficient (Wildman–Crippen LogP) is 4.98. The van der Waals surface area contributed by atoms with Crippen LogP contribution in [0.15, 0.2) is 42.5 Å². The number of aryl methyl sites for hydroxylation is 2. The molecule has 7 heteroatoms. The van der Waals surface area contributed by atoms with Crippen LogP contribution in [0.3, 0.4) is 0 Å². The molecule has 0 heterocycles. The zero-order valence-electron chi connectivity index (χ0n) is 16.4. The predicted molar refractivity (Wildman–Crippen MR) is 105 cm³/mol. The van der Waals surface area contributed by atoms with Crippen molar-refractivity contribution in [3.05, 3.63) is 64.7 Å². The van der Waals surface area contributed by atoms with Crippen LogP contribution in [0.1, 0.15) is 41.5 Å². The summed E-state index contributed by atoms with van der Waals surface area (Å²) in [5.74, 6) is -1.06. The van der Waals surface area contributed by atoms with Gasteiger partial charge in [0.1, 0.15) is 5.75 Å². The van der Waals surface area contributed by atoms with E-state index in [9.17, 15) is 18.0 Å². The van der Waals surface area contributed by atoms with Crippen LogP contribution >= 0.6 is 0 Å². The van der Waals surface area contributed by atoms with Crippen molar-refractivity contribution in [2.45, 2.75) is 45.3 Å². The van der Waals surface area contributed by atoms with Crippen molar-refractivity contribution in [1.82, 2.24) is 5.32 Å². The minimum atomic E-state index is -4.51. The topological polar surface area (TPSA) is 58.6 Å². The summed E-state index contributed by atoms with van der Waals surface area (Å²) >= 11 is 0. The molecule has 2 N–H and O–H groups in total. The number of benzene rings is 2. The first kappa shape index (κ1) is 22.7. The lowest BCUT2D eigenvalue weighted by Gasteiger charge is -2.16. The van der Waals surface area contributed by atoms with Crippen molar-refractivity contribution in [1.29, 1.82) is 0 Å². The zero-order valence-corrected chi connectivity index (χ0v) is 16.4. The Labute approximate surface area is 168 Å². The number of hydrogen-bond acceptors (Lipinski definition) is 3. The lowest BCUT2D eigenvalue weighted by Crippen LogP contribution is -2.17. The fraction of sp³-hybridized carbons (Fsp3) is 0.409. The van der Waals surface area contributed by atoms with E-state index >= 15 is 0 Å². The minimum Gasteiger partial charge on any atom is -0.493 e. The molecule has 0 radical (unpaired) electrons. The second kappa shape index (κ2) is 10.9. The van der Waals surface area contributed by atoms with Gasteiger partial charge in [0.25, 0.3) is 0 Å². The summed E-state index contributed by atoms with van der Waals surface area (Å²) in [7, 11) is 0. The summed E-state index contributed by atoms with van der Waals surface area (Å²) in [6, 6.07) is 12.0. The molecule has 0 aliphatic carbocycles. The van der Waals surface area contributed by atoms with Crippen LogP contribution in [0, 0.1) is 6.92 Å². The molecule has 0 fully saturated rings. The molecule has 29 heavy (non-hydrogen) atoms. The summed E-state index contributed by atoms with van der Waals surface area (Å²) in [6.45, 7) is 2.85. The van der Waals surface area contributed by atoms with Gasteiger partial charge in [0.2, 0.25) is 0 Å². The third-order valence-electron chi connectivity index (χ3n) is 4.37. The van der Waals surface area contributed by atoms with E-state index in [1.165, 1.54) is 6.07 Å². The van der Waals surface area contributed by atoms with Gasteiger partial charge in [-0.3, -0.25) is 4.79 Å². The quantitative estimate of drug-likeness (QED) is 0.514. The van der Waals surface area contributed by atoms with Gasteiger partial charge in [-0.25, -0.2) is 0 Å². The monoisotopic (exact) mass is 409 g/mol. The smallest absolute Gasteiger partial charge is 0.419 e. The highest BCUT2D eigenvalue weighted by Gasteiger charge is 2.34. The summed E-state index contributed by atoms with van der Waals surface area (Å²) in [6.07, 6.45) is -2.71. The molecule has 2 aromatic carbocycles. The molecular weight excluding hydrogens is 383 g/mol. The molecule has 4 nitrogen and oxygen atoms in total. The number of hydrogen-bond donors (Lipinski definition) is 2. The van der Waals surface area contributed by atoms with Crippen molar-refractivity contribution in [2.24, 2.45) is 0 Å². The van der Waals surface area contributed by atoms with E-state index in [1.807, 2.05) is 25.1 Å². The number of halogens is 3. The summed E-state index contributed by atoms with van der Waals surface area (Å²) in [4.78, 5) is 10.5. The average molecular weight is 409 g/mol. The summed E-state index contributed by atoms with van der Waals surface area (Å²) in [5.41, 5.74) is 1.96. The highest BCUT2D eigenvalue weighted by atomic mass is 19.4. The van der Waals surface area contributed by atoms with Crippen molar-refractivity contribution >= 4 is 5.97 Å². The Balaban J connectivity index is 1.90. The Hall–Kier alpha value is -2.54. The van der Waals surface area contributed by atoms with E-state index in [2.05, 4.69) is 11.4 Å². The van der Waals surface area contributed by atoms with Gasteiger partial charge in [-0.1, -0.05) is 35.9 Å². The third kappa shape index (κ3) is 8.15. The third-order valence-corrected chi connectivity index (χ3v) is 4.37. The molecule has 0 saturated carbocycles. The van der Waals surface area contributed by atoms with Crippen molar-refractivity contribution in [3.8, 4) is 5.75 Å². The Bertz CT molecular complexity index is 806. The molecule has 0 saturated heterocycles. The first-order chi connectivity index (χ1) is 13.8. The normalized spacial score (nSPS) is 11.4. The Morgan fingerprint density at radius 2 is 1.90 bits per heavy atom. The molecular formula is C22H26F3NO3. The first-order valence-corrected chi connectivity index (χ1v) is 9.56. The molecule has 0 bridgehead atoms. The van der Waals surface area contributed by atoms with E-state index in [4.69, 9.17) is 9.84 Å². The minimum absolute atomic E-state index is 0.0239. The largest absolute Gasteiger partial charge is 0.493 e. The van der Waals surface area contributed by atoms with Gasteiger partial charge < -0.3 is 15.2 Å². The Morgan fingerprint density at radius 1 is 1.10 bits per heavy atom. The molecule has 0 spiro atoms. The van der Waals surface area contributed by atoms with Crippen LogP contribution in [-0.4, -0.2) is 24.2 Å². The number of carboxylic acid groups (broad SMARTS) is 1. The van der Waals surface area contributed by atoms with Crippen molar-refractivity contribution in [3.63, 3.8) is 0 Å². The number of alkyl halides is 3. The van der Waals surface area contributed by atoms with Crippen LogP contribution in [0.4, 0.5) is 13.2 Å². The number of nitrogens with one attached hydrogen (secondary N) is 1. The first-order valence-electron chi connectivity index (χ1n) is 9.56. The number of carboxylic acids is 1. The highest BCUT2D eigenvalue weighted by Crippen LogP contribution is 2.37. The van der Waals surface area contributed by atoms with Gasteiger partial charge >= 0.3 is 12.1 Å². The second-order valence-corrected chi connectivity index (χ2v) is 6.94. The van der Waals surface area contributed by atoms with E-state index in [0.29, 0.717) is 24.9 Å². The second-order valence-electron chi connectivity index (χ2n) is 6.94. The van der Waals surface area contributed by atoms with Gasteiger partial charge in [0.05, 0.1) is 12.2 Å². The molecule has 0 aromatic heterocycles. The maximum atomic E-state index is 13.4. The Morgan fingerprint density at radius 3 is 2.59 bits per heavy atom. The fourth-order valence-electron chi connectivity index (χ4n) is 2.96. The number of aliphatic carboxylic acids is 1. The van der Waals surface area contributed by atoms with E-state index in [-0.39, 0.29) is 25.3 Å². The zero-order chi connectivity index (χ0) is 21.3. The summed E-state index contributed by atoms with van der Waals surface area (Å²) in [5, 5.41) is 11.5. The molecule has 158 valence electrons. The van der Waals surface area contributed by atoms with E-state index in [0.717, 1.165) is 23.6 Å². The molecule has 0 aliphatic rings. The van der Waals surface area contributed by atoms with Gasteiger partial charge in [-0.15, -0.1) is 0 Å². The molecule has 0 aliphatic heterocycles. The number of rotatable bonds is 11. The van der Waals surface area contributed by atoms with Crippen LogP contribution in [0.2, 0.25) is 0 Å². The van der Waals surface area contributed by atoms with E-state index < -0.39 is 17.7 Å². The SMILES string of the molecule is Cc1cccc(CCCOc2ccc(CNCCCC(=O)O)cc2C(F)(F)F)c1. The van der Waals surface area contributed by atoms with Crippen molar-refractivity contribution in [2.75, 3.05) is 13.2 Å². The molecule has 2 aromatic rings. The van der Waals surface area contributed by atoms with Gasteiger partial charge in [0.15, 0.2) is 0 Å². The van der Waals surface area contributed by atoms with Crippen molar-refractivity contribution < 1.29 is 27.8 Å². The van der Waals surface area contributed by atoms with Gasteiger partial charge in [0, 0.05) is 13.0 Å². The van der Waals surface area contributed by atoms with Gasteiger partial charge in [-0.05, 0) is 56.0 Å². The molecule has 0 atom stereocenters. The van der Waals surface area contributed by atoms with E-state index in [1.54, 1.807) is 6.07 Å². The molecule has 0 unspecified atom stereocenters. The molecule has 0 amide bonds. The highest BCUT2D eigenvalue weighted by molar-refractivity contribution is 5.66. The molecule has 2 rings (SSSR count). The number of ether oxygens (including phenoxy) is 1. The maximum absolute atomic E-state index is 13.4. The fourth-order valence-corrected chi connectivity index (χ4v) is 2.96. The lowest BCUT2D eigenvalue weighted by molar-refractivity contribution is -0.139. The van der Waals surface area contributed by atoms with Crippen LogP contribution in [0.5, 0.6) is 5.75 Å². The van der Waals surface area contributed by atoms with Crippen LogP contribution in [0.25, 0.3) is 0 Å². The standard InChI is InChI=1S/C22H26F3NO3/c1-16-5-2-6-17(13-16)7-4-12-29-20-10-9-18(14-19(20)22(23,24)25)15-26-11-3-8-21(27)28/h2,5-6,9-10,13-14,26H,3-4,7-8,11-12,15H2,1H3,(H,27,28). The van der Waals surface area contributed by atoms with Crippen LogP contribution in [-0.2, 0) is 23.9 Å². The maximum Gasteiger partial charge on any atom is 0.419 e. The average Bonchev–Trinajstić information content (AvgIpc) is 2.64. The summed E-state index contributed by atoms with van der Waals surface area (Å²) < 4.78 is 45.7. The van der Waals surface area contributed by atoms with Gasteiger partial charge in [-0.2, -0.15) is 13.2 Å². The number of carbonyl (C=O) groups is 1. The van der Waals surface area contributed by atoms with Crippen LogP contribution < -0.4 is 10.1 Å². The Kier molecular flexibility index (Phi) is 8.51. The lowest BCUT2D eigenvalue weighted by atomic mass is 10.1.